The number of anilines is 1. The molecule has 0 spiro atoms. The molecule has 0 aliphatic carbocycles. The van der Waals surface area contributed by atoms with Crippen LogP contribution in [0.4, 0.5) is 24.2 Å². The highest BCUT2D eigenvalue weighted by atomic mass is 127. The first kappa shape index (κ1) is 47.1. The molecule has 3 N–H and O–H groups in total. The van der Waals surface area contributed by atoms with Crippen molar-refractivity contribution in [2.45, 2.75) is 71.1 Å². The Balaban J connectivity index is 0.00000794. The lowest BCUT2D eigenvalue weighted by molar-refractivity contribution is -0.753. The predicted molar refractivity (Wildman–Crippen MR) is 210 cm³/mol. The number of thiazole rings is 1. The molecule has 20 heteroatoms. The summed E-state index contributed by atoms with van der Waals surface area (Å²) in [6, 6.07) is 12.5. The molecular weight excluding hydrogens is 917 g/mol. The normalized spacial score (nSPS) is 13.2. The largest absolute Gasteiger partial charge is 1.00 e. The van der Waals surface area contributed by atoms with E-state index in [1.165, 1.54) is 53.5 Å². The van der Waals surface area contributed by atoms with Crippen LogP contribution in [0.25, 0.3) is 11.3 Å². The van der Waals surface area contributed by atoms with Gasteiger partial charge in [-0.25, -0.2) is 28.3 Å². The summed E-state index contributed by atoms with van der Waals surface area (Å²) in [4.78, 5) is 60.8. The van der Waals surface area contributed by atoms with E-state index in [-0.39, 0.29) is 55.1 Å². The Morgan fingerprint density at radius 1 is 1.03 bits per heavy atom. The minimum atomic E-state index is -2.09. The van der Waals surface area contributed by atoms with Crippen molar-refractivity contribution in [3.8, 4) is 11.3 Å². The molecule has 3 heterocycles. The average molecular weight is 963 g/mol. The van der Waals surface area contributed by atoms with Crippen LogP contribution in [0.15, 0.2) is 78.8 Å². The molecule has 0 aliphatic rings. The second kappa shape index (κ2) is 19.6. The standard InChI is InChI=1S/C40H44F2N8O8S.HI/c1-24(36-46-32(20-59-36)26-10-12-27(13-11-26)34(43)52)40(55,30-17-29(41)14-15-31(30)42)21-50-23-49(22-45-50)25(2)57-38(54)48(7)35-28(9-8-16-44-35)19-56-33(51)18-47(6)37(53)58-39(3,4)5;/h8-17,20,22-25,55H,18-19,21H2,1-7H3,(H-,43,52);1H/t24-,25?,40+;/m0./s1. The molecule has 3 amide bonds. The molecule has 16 nitrogen and oxygen atoms in total. The highest BCUT2D eigenvalue weighted by Crippen LogP contribution is 2.41. The molecular formula is C40H45F2IN8O8S. The number of halogens is 3. The topological polar surface area (TPSA) is 196 Å². The monoisotopic (exact) mass is 962 g/mol. The van der Waals surface area contributed by atoms with E-state index in [0.29, 0.717) is 27.4 Å². The number of rotatable bonds is 14. The van der Waals surface area contributed by atoms with Crippen molar-refractivity contribution >= 4 is 41.2 Å². The van der Waals surface area contributed by atoms with Gasteiger partial charge in [-0.05, 0) is 57.2 Å². The number of likely N-dealkylation sites (N-methyl/N-ethyl adjacent to an activating group) is 1. The lowest BCUT2D eigenvalue weighted by atomic mass is 9.82. The second-order valence-electron chi connectivity index (χ2n) is 14.7. The number of carbonyl (C=O) groups is 4. The summed E-state index contributed by atoms with van der Waals surface area (Å²) < 4.78 is 49.0. The zero-order chi connectivity index (χ0) is 43.2. The predicted octanol–water partition coefficient (Wildman–Crippen LogP) is 2.46. The van der Waals surface area contributed by atoms with Crippen LogP contribution in [0.3, 0.4) is 0 Å². The minimum absolute atomic E-state index is 0. The number of amides is 3. The third-order valence-electron chi connectivity index (χ3n) is 9.08. The van der Waals surface area contributed by atoms with Gasteiger partial charge in [0.1, 0.15) is 48.4 Å². The van der Waals surface area contributed by atoms with Gasteiger partial charge >= 0.3 is 18.2 Å². The maximum atomic E-state index is 15.4. The molecule has 0 aliphatic heterocycles. The van der Waals surface area contributed by atoms with E-state index in [1.54, 1.807) is 76.4 Å². The summed E-state index contributed by atoms with van der Waals surface area (Å²) in [5, 5.41) is 18.8. The molecule has 5 rings (SSSR count). The molecule has 0 bridgehead atoms. The summed E-state index contributed by atoms with van der Waals surface area (Å²) in [5.74, 6) is -3.66. The summed E-state index contributed by atoms with van der Waals surface area (Å²) in [6.45, 7) is 7.30. The minimum Gasteiger partial charge on any atom is -1.00 e. The molecule has 5 aromatic rings. The van der Waals surface area contributed by atoms with Gasteiger partial charge in [-0.2, -0.15) is 4.57 Å². The fourth-order valence-electron chi connectivity index (χ4n) is 5.79. The Morgan fingerprint density at radius 3 is 2.40 bits per heavy atom. The fraction of sp³-hybridized carbons (Fsp3) is 0.350. The number of aliphatic hydroxyl groups is 1. The molecule has 0 saturated heterocycles. The Labute approximate surface area is 365 Å². The van der Waals surface area contributed by atoms with Crippen LogP contribution in [0.2, 0.25) is 0 Å². The van der Waals surface area contributed by atoms with Crippen molar-refractivity contribution in [3.63, 3.8) is 0 Å². The number of primary amides is 1. The maximum absolute atomic E-state index is 15.4. The number of nitrogens with two attached hydrogens (primary N) is 1. The van der Waals surface area contributed by atoms with Crippen LogP contribution < -0.4 is 39.2 Å². The van der Waals surface area contributed by atoms with Crippen LogP contribution in [0.1, 0.15) is 73.3 Å². The Bertz CT molecular complexity index is 2320. The van der Waals surface area contributed by atoms with E-state index in [0.717, 1.165) is 28.0 Å². The number of ether oxygens (including phenoxy) is 3. The smallest absolute Gasteiger partial charge is 0.418 e. The summed E-state index contributed by atoms with van der Waals surface area (Å²) in [7, 11) is 2.82. The zero-order valence-corrected chi connectivity index (χ0v) is 36.8. The van der Waals surface area contributed by atoms with Gasteiger partial charge in [0, 0.05) is 65.9 Å². The Hall–Kier alpha value is -5.61. The zero-order valence-electron chi connectivity index (χ0n) is 33.8. The molecule has 3 atom stereocenters. The van der Waals surface area contributed by atoms with Crippen LogP contribution >= 0.6 is 11.3 Å². The van der Waals surface area contributed by atoms with Gasteiger partial charge in [-0.15, -0.1) is 16.0 Å². The van der Waals surface area contributed by atoms with Crippen LogP contribution in [0, 0.1) is 11.6 Å². The number of esters is 1. The molecule has 0 fully saturated rings. The van der Waals surface area contributed by atoms with Crippen LogP contribution in [-0.2, 0) is 37.8 Å². The third kappa shape index (κ3) is 11.6. The molecule has 60 heavy (non-hydrogen) atoms. The van der Waals surface area contributed by atoms with Gasteiger partial charge in [0.05, 0.1) is 10.7 Å². The van der Waals surface area contributed by atoms with E-state index < -0.39 is 59.0 Å². The van der Waals surface area contributed by atoms with Gasteiger partial charge < -0.3 is 53.9 Å². The van der Waals surface area contributed by atoms with Crippen molar-refractivity contribution in [2.24, 2.45) is 5.73 Å². The van der Waals surface area contributed by atoms with Crippen molar-refractivity contribution in [2.75, 3.05) is 25.5 Å². The highest BCUT2D eigenvalue weighted by Gasteiger charge is 2.43. The van der Waals surface area contributed by atoms with Gasteiger partial charge in [0.15, 0.2) is 0 Å². The van der Waals surface area contributed by atoms with E-state index in [4.69, 9.17) is 19.9 Å². The van der Waals surface area contributed by atoms with Gasteiger partial charge in [0.25, 0.3) is 6.33 Å². The Kier molecular flexibility index (Phi) is 15.4. The molecule has 320 valence electrons. The first-order chi connectivity index (χ1) is 27.7. The summed E-state index contributed by atoms with van der Waals surface area (Å²) in [5.41, 5.74) is 4.12. The van der Waals surface area contributed by atoms with Crippen molar-refractivity contribution < 1.29 is 75.8 Å². The Morgan fingerprint density at radius 2 is 1.73 bits per heavy atom. The van der Waals surface area contributed by atoms with Gasteiger partial charge in [-0.1, -0.05) is 25.1 Å². The van der Waals surface area contributed by atoms with Gasteiger partial charge in [-0.3, -0.25) is 14.5 Å². The molecule has 3 aromatic heterocycles. The lowest BCUT2D eigenvalue weighted by Gasteiger charge is -2.32. The van der Waals surface area contributed by atoms with E-state index in [2.05, 4.69) is 15.1 Å². The van der Waals surface area contributed by atoms with Crippen LogP contribution in [-0.4, -0.2) is 80.1 Å². The van der Waals surface area contributed by atoms with Crippen LogP contribution in [0.5, 0.6) is 0 Å². The first-order valence-corrected chi connectivity index (χ1v) is 19.1. The quantitative estimate of drug-likeness (QED) is 0.0719. The van der Waals surface area contributed by atoms with E-state index >= 15 is 4.39 Å². The maximum Gasteiger partial charge on any atom is 0.418 e. The fourth-order valence-corrected chi connectivity index (χ4v) is 6.76. The third-order valence-corrected chi connectivity index (χ3v) is 10.1. The second-order valence-corrected chi connectivity index (χ2v) is 15.6. The number of carbonyl (C=O) groups excluding carboxylic acids is 4. The van der Waals surface area contributed by atoms with Crippen molar-refractivity contribution in [1.29, 1.82) is 0 Å². The summed E-state index contributed by atoms with van der Waals surface area (Å²) >= 11 is 1.21. The SMILES string of the molecule is CC(OC(=O)N(C)c1ncccc1COC(=O)CN(C)C(=O)OC(C)(C)C)[n+]1cnn(C[C@](O)(c2cc(F)ccc2F)[C@@H](C)c2nc(-c3ccc(C(N)=O)cc3)cs2)c1.[I-]. The molecule has 0 saturated carbocycles. The number of nitrogens with zero attached hydrogens (tertiary/aromatic N) is 7. The van der Waals surface area contributed by atoms with Crippen molar-refractivity contribution in [3.05, 3.63) is 112 Å². The lowest BCUT2D eigenvalue weighted by Crippen LogP contribution is -3.00. The van der Waals surface area contributed by atoms with Gasteiger partial charge in [0.2, 0.25) is 18.5 Å². The number of aromatic nitrogens is 5. The number of hydrogen-bond donors (Lipinski definition) is 2. The highest BCUT2D eigenvalue weighted by molar-refractivity contribution is 7.10. The molecule has 2 aromatic carbocycles. The number of pyridine rings is 1. The average Bonchev–Trinajstić information content (AvgIpc) is 3.87. The van der Waals surface area contributed by atoms with E-state index in [9.17, 15) is 28.7 Å². The number of hydrogen-bond acceptors (Lipinski definition) is 12. The molecule has 0 radical (unpaired) electrons. The first-order valence-electron chi connectivity index (χ1n) is 18.2. The van der Waals surface area contributed by atoms with E-state index in [1.807, 2.05) is 0 Å². The summed E-state index contributed by atoms with van der Waals surface area (Å²) in [6.07, 6.45) is 1.72. The number of benzene rings is 2. The molecule has 1 unspecified atom stereocenters. The van der Waals surface area contributed by atoms with Crippen molar-refractivity contribution in [1.82, 2.24) is 24.6 Å².